The topological polar surface area (TPSA) is 72.1 Å². The number of benzene rings is 1. The van der Waals surface area contributed by atoms with Crippen molar-refractivity contribution in [3.63, 3.8) is 0 Å². The number of nitrogens with zero attached hydrogens (tertiary/aromatic N) is 2. The van der Waals surface area contributed by atoms with Gasteiger partial charge in [0.1, 0.15) is 11.5 Å². The van der Waals surface area contributed by atoms with E-state index in [1.165, 1.54) is 0 Å². The predicted octanol–water partition coefficient (Wildman–Crippen LogP) is 3.53. The Labute approximate surface area is 134 Å². The molecule has 0 bridgehead atoms. The molecule has 6 nitrogen and oxygen atoms in total. The van der Waals surface area contributed by atoms with Crippen LogP contribution in [0, 0.1) is 6.92 Å². The minimum atomic E-state index is 0.527. The van der Waals surface area contributed by atoms with Crippen LogP contribution in [0.4, 0.5) is 5.69 Å². The summed E-state index contributed by atoms with van der Waals surface area (Å²) < 4.78 is 11.0. The highest BCUT2D eigenvalue weighted by molar-refractivity contribution is 5.54. The molecule has 2 N–H and O–H groups in total. The third kappa shape index (κ3) is 3.60. The first kappa shape index (κ1) is 14.9. The Bertz CT molecular complexity index is 768. The lowest BCUT2D eigenvalue weighted by Gasteiger charge is -2.12. The number of aromatic nitrogens is 3. The van der Waals surface area contributed by atoms with Gasteiger partial charge in [-0.3, -0.25) is 5.10 Å². The van der Waals surface area contributed by atoms with Crippen molar-refractivity contribution in [2.24, 2.45) is 0 Å². The first-order valence-corrected chi connectivity index (χ1v) is 7.26. The van der Waals surface area contributed by atoms with E-state index < -0.39 is 0 Å². The van der Waals surface area contributed by atoms with Crippen LogP contribution in [0.15, 0.2) is 48.8 Å². The zero-order valence-corrected chi connectivity index (χ0v) is 13.0. The molecular formula is C17H18N4O2. The van der Waals surface area contributed by atoms with Crippen LogP contribution in [0.3, 0.4) is 0 Å². The molecule has 1 aromatic carbocycles. The highest BCUT2D eigenvalue weighted by Crippen LogP contribution is 2.28. The molecule has 0 saturated carbocycles. The van der Waals surface area contributed by atoms with Crippen molar-refractivity contribution in [1.82, 2.24) is 15.2 Å². The molecule has 0 aliphatic heterocycles. The predicted molar refractivity (Wildman–Crippen MR) is 88.0 cm³/mol. The number of pyridine rings is 1. The van der Waals surface area contributed by atoms with Crippen LogP contribution in [-0.4, -0.2) is 22.3 Å². The van der Waals surface area contributed by atoms with Gasteiger partial charge in [0.25, 0.3) is 0 Å². The minimum Gasteiger partial charge on any atom is -0.497 e. The molecule has 2 heterocycles. The number of rotatable bonds is 6. The van der Waals surface area contributed by atoms with Gasteiger partial charge in [-0.25, -0.2) is 4.98 Å². The number of methoxy groups -OCH3 is 1. The molecule has 0 spiro atoms. The van der Waals surface area contributed by atoms with E-state index in [9.17, 15) is 0 Å². The van der Waals surface area contributed by atoms with E-state index in [0.717, 1.165) is 22.7 Å². The van der Waals surface area contributed by atoms with Crippen molar-refractivity contribution in [1.29, 1.82) is 0 Å². The maximum Gasteiger partial charge on any atom is 0.242 e. The van der Waals surface area contributed by atoms with Gasteiger partial charge in [0, 0.05) is 24.0 Å². The molecule has 6 heteroatoms. The molecule has 0 fully saturated rings. The van der Waals surface area contributed by atoms with E-state index in [2.05, 4.69) is 20.5 Å². The summed E-state index contributed by atoms with van der Waals surface area (Å²) >= 11 is 0. The van der Waals surface area contributed by atoms with E-state index in [1.54, 1.807) is 13.3 Å². The first-order valence-electron chi connectivity index (χ1n) is 7.26. The van der Waals surface area contributed by atoms with Crippen molar-refractivity contribution in [2.75, 3.05) is 12.4 Å². The molecule has 3 aromatic rings. The third-order valence-corrected chi connectivity index (χ3v) is 3.45. The normalized spacial score (nSPS) is 10.3. The Morgan fingerprint density at radius 1 is 1.13 bits per heavy atom. The molecule has 0 amide bonds. The Kier molecular flexibility index (Phi) is 4.42. The van der Waals surface area contributed by atoms with Crippen molar-refractivity contribution in [3.8, 4) is 17.4 Å². The maximum absolute atomic E-state index is 5.86. The third-order valence-electron chi connectivity index (χ3n) is 3.45. The summed E-state index contributed by atoms with van der Waals surface area (Å²) in [5.41, 5.74) is 2.96. The number of anilines is 1. The quantitative estimate of drug-likeness (QED) is 0.729. The van der Waals surface area contributed by atoms with Crippen LogP contribution in [0.25, 0.3) is 0 Å². The van der Waals surface area contributed by atoms with Gasteiger partial charge in [-0.15, -0.1) is 0 Å². The van der Waals surface area contributed by atoms with Crippen LogP contribution in [-0.2, 0) is 6.54 Å². The fraction of sp³-hybridized carbons (Fsp3) is 0.176. The van der Waals surface area contributed by atoms with Gasteiger partial charge in [0.15, 0.2) is 0 Å². The lowest BCUT2D eigenvalue weighted by atomic mass is 10.2. The van der Waals surface area contributed by atoms with Crippen molar-refractivity contribution >= 4 is 5.69 Å². The van der Waals surface area contributed by atoms with E-state index in [-0.39, 0.29) is 0 Å². The van der Waals surface area contributed by atoms with Gasteiger partial charge in [-0.05, 0) is 43.3 Å². The second kappa shape index (κ2) is 6.83. The number of aromatic amines is 1. The van der Waals surface area contributed by atoms with Gasteiger partial charge in [-0.1, -0.05) is 0 Å². The molecule has 0 radical (unpaired) electrons. The summed E-state index contributed by atoms with van der Waals surface area (Å²) in [5.74, 6) is 2.01. The minimum absolute atomic E-state index is 0.527. The Morgan fingerprint density at radius 2 is 1.91 bits per heavy atom. The van der Waals surface area contributed by atoms with Crippen molar-refractivity contribution in [2.45, 2.75) is 13.5 Å². The molecule has 0 aliphatic rings. The lowest BCUT2D eigenvalue weighted by molar-refractivity contribution is 0.412. The fourth-order valence-corrected chi connectivity index (χ4v) is 2.11. The van der Waals surface area contributed by atoms with Crippen LogP contribution in [0.2, 0.25) is 0 Å². The van der Waals surface area contributed by atoms with Gasteiger partial charge < -0.3 is 14.8 Å². The highest BCUT2D eigenvalue weighted by atomic mass is 16.5. The maximum atomic E-state index is 5.86. The molecule has 23 heavy (non-hydrogen) atoms. The van der Waals surface area contributed by atoms with Crippen LogP contribution < -0.4 is 14.8 Å². The monoisotopic (exact) mass is 310 g/mol. The largest absolute Gasteiger partial charge is 0.497 e. The Hall–Kier alpha value is -3.02. The molecule has 118 valence electrons. The molecular weight excluding hydrogens is 292 g/mol. The number of nitrogens with one attached hydrogen (secondary N) is 2. The SMILES string of the molecule is COc1ccc(Oc2ncccc2NCc2cn[nH]c2C)cc1. The number of hydrogen-bond donors (Lipinski definition) is 2. The summed E-state index contributed by atoms with van der Waals surface area (Å²) in [6.07, 6.45) is 3.51. The van der Waals surface area contributed by atoms with Crippen molar-refractivity contribution < 1.29 is 9.47 Å². The van der Waals surface area contributed by atoms with Gasteiger partial charge >= 0.3 is 0 Å². The van der Waals surface area contributed by atoms with E-state index in [4.69, 9.17) is 9.47 Å². The van der Waals surface area contributed by atoms with E-state index >= 15 is 0 Å². The zero-order valence-electron chi connectivity index (χ0n) is 13.0. The standard InChI is InChI=1S/C17H18N4O2/c1-12-13(11-20-21-12)10-19-16-4-3-9-18-17(16)23-15-7-5-14(22-2)6-8-15/h3-9,11,19H,10H2,1-2H3,(H,20,21). The summed E-state index contributed by atoms with van der Waals surface area (Å²) in [5, 5.41) is 10.3. The molecule has 2 aromatic heterocycles. The number of aryl methyl sites for hydroxylation is 1. The molecule has 0 unspecified atom stereocenters. The first-order chi connectivity index (χ1) is 11.3. The smallest absolute Gasteiger partial charge is 0.242 e. The van der Waals surface area contributed by atoms with Crippen LogP contribution in [0.1, 0.15) is 11.3 Å². The summed E-state index contributed by atoms with van der Waals surface area (Å²) in [6, 6.07) is 11.2. The number of ether oxygens (including phenoxy) is 2. The van der Waals surface area contributed by atoms with E-state index in [1.807, 2.05) is 49.5 Å². The second-order valence-corrected chi connectivity index (χ2v) is 5.01. The summed E-state index contributed by atoms with van der Waals surface area (Å²) in [7, 11) is 1.63. The lowest BCUT2D eigenvalue weighted by Crippen LogP contribution is -2.02. The second-order valence-electron chi connectivity index (χ2n) is 5.01. The zero-order chi connectivity index (χ0) is 16.1. The van der Waals surface area contributed by atoms with Crippen LogP contribution >= 0.6 is 0 Å². The molecule has 0 atom stereocenters. The molecule has 3 rings (SSSR count). The molecule has 0 saturated heterocycles. The Morgan fingerprint density at radius 3 is 2.61 bits per heavy atom. The summed E-state index contributed by atoms with van der Waals surface area (Å²) in [4.78, 5) is 4.30. The summed E-state index contributed by atoms with van der Waals surface area (Å²) in [6.45, 7) is 2.63. The van der Waals surface area contributed by atoms with Gasteiger partial charge in [0.2, 0.25) is 5.88 Å². The fourth-order valence-electron chi connectivity index (χ4n) is 2.11. The van der Waals surface area contributed by atoms with Gasteiger partial charge in [0.05, 0.1) is 19.0 Å². The Balaban J connectivity index is 1.73. The highest BCUT2D eigenvalue weighted by Gasteiger charge is 2.07. The molecule has 0 aliphatic carbocycles. The van der Waals surface area contributed by atoms with Crippen molar-refractivity contribution in [3.05, 3.63) is 60.0 Å². The van der Waals surface area contributed by atoms with E-state index in [0.29, 0.717) is 18.2 Å². The average Bonchev–Trinajstić information content (AvgIpc) is 3.00. The average molecular weight is 310 g/mol. The number of H-pyrrole nitrogens is 1. The van der Waals surface area contributed by atoms with Crippen LogP contribution in [0.5, 0.6) is 17.4 Å². The number of hydrogen-bond acceptors (Lipinski definition) is 5. The van der Waals surface area contributed by atoms with Gasteiger partial charge in [-0.2, -0.15) is 5.10 Å².